The van der Waals surface area contributed by atoms with Gasteiger partial charge in [-0.05, 0) is 47.0 Å². The third-order valence-electron chi connectivity index (χ3n) is 6.99. The number of aromatic nitrogens is 2. The molecule has 0 saturated heterocycles. The van der Waals surface area contributed by atoms with E-state index in [-0.39, 0.29) is 18.2 Å². The standard InChI is InChI=1S/C33H33N3O3/c1-38-27-18-25(19-28(20-27)39-2)30(21-33(37)35-17-15-26-12-8-9-16-34-26)31-23-36(22-24-10-4-3-5-11-24)32-14-7-6-13-29(31)32/h3-14,16,18-20,23,30H,15,17,21-22H2,1-2H3,(H,35,37)/t30-/m1/s1. The van der Waals surface area contributed by atoms with Crippen molar-refractivity contribution in [3.8, 4) is 11.5 Å². The van der Waals surface area contributed by atoms with Gasteiger partial charge >= 0.3 is 0 Å². The van der Waals surface area contributed by atoms with Crippen molar-refractivity contribution < 1.29 is 14.3 Å². The van der Waals surface area contributed by atoms with Gasteiger partial charge in [0.1, 0.15) is 11.5 Å². The third-order valence-corrected chi connectivity index (χ3v) is 6.99. The van der Waals surface area contributed by atoms with Gasteiger partial charge in [0.05, 0.1) is 14.2 Å². The van der Waals surface area contributed by atoms with E-state index in [0.29, 0.717) is 24.5 Å². The predicted octanol–water partition coefficient (Wildman–Crippen LogP) is 5.98. The van der Waals surface area contributed by atoms with Gasteiger partial charge in [-0.25, -0.2) is 0 Å². The predicted molar refractivity (Wildman–Crippen MR) is 154 cm³/mol. The number of amides is 1. The van der Waals surface area contributed by atoms with E-state index in [1.807, 2.05) is 42.5 Å². The van der Waals surface area contributed by atoms with E-state index in [9.17, 15) is 4.79 Å². The van der Waals surface area contributed by atoms with E-state index in [0.717, 1.165) is 34.3 Å². The topological polar surface area (TPSA) is 65.4 Å². The summed E-state index contributed by atoms with van der Waals surface area (Å²) in [6, 6.07) is 30.5. The van der Waals surface area contributed by atoms with Crippen LogP contribution >= 0.6 is 0 Å². The molecule has 0 aliphatic rings. The fourth-order valence-electron chi connectivity index (χ4n) is 5.04. The van der Waals surface area contributed by atoms with Crippen LogP contribution in [0, 0.1) is 0 Å². The number of methoxy groups -OCH3 is 2. The minimum atomic E-state index is -0.203. The van der Waals surface area contributed by atoms with Crippen LogP contribution in [-0.4, -0.2) is 36.2 Å². The van der Waals surface area contributed by atoms with Gasteiger partial charge in [-0.15, -0.1) is 0 Å². The first-order valence-corrected chi connectivity index (χ1v) is 13.2. The van der Waals surface area contributed by atoms with Crippen LogP contribution in [0.3, 0.4) is 0 Å². The van der Waals surface area contributed by atoms with Crippen molar-refractivity contribution >= 4 is 16.8 Å². The Bertz CT molecular complexity index is 1510. The van der Waals surface area contributed by atoms with Gasteiger partial charge in [0.2, 0.25) is 5.91 Å². The number of ether oxygens (including phenoxy) is 2. The molecule has 198 valence electrons. The molecule has 0 bridgehead atoms. The smallest absolute Gasteiger partial charge is 0.220 e. The molecule has 1 atom stereocenters. The number of carbonyl (C=O) groups is 1. The largest absolute Gasteiger partial charge is 0.497 e. The normalized spacial score (nSPS) is 11.7. The van der Waals surface area contributed by atoms with Crippen molar-refractivity contribution in [3.05, 3.63) is 126 Å². The highest BCUT2D eigenvalue weighted by Crippen LogP contribution is 2.38. The Hall–Kier alpha value is -4.58. The molecule has 0 spiro atoms. The van der Waals surface area contributed by atoms with Crippen molar-refractivity contribution in [1.82, 2.24) is 14.9 Å². The summed E-state index contributed by atoms with van der Waals surface area (Å²) in [5.74, 6) is 1.17. The van der Waals surface area contributed by atoms with Crippen LogP contribution < -0.4 is 14.8 Å². The van der Waals surface area contributed by atoms with Crippen molar-refractivity contribution in [2.75, 3.05) is 20.8 Å². The van der Waals surface area contributed by atoms with Crippen LogP contribution in [0.15, 0.2) is 103 Å². The molecule has 0 radical (unpaired) electrons. The summed E-state index contributed by atoms with van der Waals surface area (Å²) in [5, 5.41) is 4.23. The lowest BCUT2D eigenvalue weighted by atomic mass is 9.87. The second-order valence-corrected chi connectivity index (χ2v) is 9.54. The summed E-state index contributed by atoms with van der Waals surface area (Å²) < 4.78 is 13.4. The highest BCUT2D eigenvalue weighted by Gasteiger charge is 2.24. The van der Waals surface area contributed by atoms with Crippen LogP contribution in [0.1, 0.15) is 34.7 Å². The Kier molecular flexibility index (Phi) is 8.22. The van der Waals surface area contributed by atoms with Gasteiger partial charge in [-0.2, -0.15) is 0 Å². The molecular formula is C33H33N3O3. The molecule has 6 heteroatoms. The number of carbonyl (C=O) groups excluding carboxylic acids is 1. The number of benzene rings is 3. The molecule has 2 heterocycles. The molecule has 0 aliphatic carbocycles. The van der Waals surface area contributed by atoms with Crippen molar-refractivity contribution in [1.29, 1.82) is 0 Å². The number of rotatable bonds is 11. The first-order chi connectivity index (χ1) is 19.1. The second-order valence-electron chi connectivity index (χ2n) is 9.54. The minimum Gasteiger partial charge on any atom is -0.497 e. The molecule has 5 rings (SSSR count). The lowest BCUT2D eigenvalue weighted by Crippen LogP contribution is -2.27. The number of hydrogen-bond acceptors (Lipinski definition) is 4. The van der Waals surface area contributed by atoms with E-state index in [1.165, 1.54) is 5.56 Å². The number of hydrogen-bond donors (Lipinski definition) is 1. The van der Waals surface area contributed by atoms with E-state index in [4.69, 9.17) is 9.47 Å². The molecule has 1 N–H and O–H groups in total. The SMILES string of the molecule is COc1cc(OC)cc([C@@H](CC(=O)NCCc2ccccn2)c2cn(Cc3ccccc3)c3ccccc23)c1. The van der Waals surface area contributed by atoms with Gasteiger partial charge in [0, 0.05) is 66.9 Å². The average molecular weight is 520 g/mol. The number of nitrogens with zero attached hydrogens (tertiary/aromatic N) is 2. The lowest BCUT2D eigenvalue weighted by molar-refractivity contribution is -0.121. The monoisotopic (exact) mass is 519 g/mol. The van der Waals surface area contributed by atoms with Crippen molar-refractivity contribution in [3.63, 3.8) is 0 Å². The van der Waals surface area contributed by atoms with Crippen molar-refractivity contribution in [2.24, 2.45) is 0 Å². The maximum atomic E-state index is 13.3. The van der Waals surface area contributed by atoms with Gasteiger partial charge in [-0.3, -0.25) is 9.78 Å². The van der Waals surface area contributed by atoms with Gasteiger partial charge in [-0.1, -0.05) is 54.6 Å². The Morgan fingerprint density at radius 2 is 1.62 bits per heavy atom. The van der Waals surface area contributed by atoms with E-state index < -0.39 is 0 Å². The number of para-hydroxylation sites is 1. The quantitative estimate of drug-likeness (QED) is 0.233. The number of pyridine rings is 1. The van der Waals surface area contributed by atoms with Crippen LogP contribution in [0.25, 0.3) is 10.9 Å². The highest BCUT2D eigenvalue weighted by atomic mass is 16.5. The summed E-state index contributed by atoms with van der Waals surface area (Å²) >= 11 is 0. The summed E-state index contributed by atoms with van der Waals surface area (Å²) in [6.45, 7) is 1.27. The molecule has 0 unspecified atom stereocenters. The maximum absolute atomic E-state index is 13.3. The third kappa shape index (κ3) is 6.29. The zero-order chi connectivity index (χ0) is 27.0. The lowest BCUT2D eigenvalue weighted by Gasteiger charge is -2.19. The second kappa shape index (κ2) is 12.3. The number of nitrogens with one attached hydrogen (secondary N) is 1. The fourth-order valence-corrected chi connectivity index (χ4v) is 5.04. The van der Waals surface area contributed by atoms with E-state index in [2.05, 4.69) is 69.6 Å². The molecule has 0 saturated carbocycles. The molecule has 1 amide bonds. The molecular weight excluding hydrogens is 486 g/mol. The zero-order valence-corrected chi connectivity index (χ0v) is 22.3. The first kappa shape index (κ1) is 26.0. The van der Waals surface area contributed by atoms with Gasteiger partial charge in [0.25, 0.3) is 0 Å². The van der Waals surface area contributed by atoms with E-state index in [1.54, 1.807) is 20.4 Å². The average Bonchev–Trinajstić information content (AvgIpc) is 3.34. The number of fused-ring (bicyclic) bond motifs is 1. The fraction of sp³-hybridized carbons (Fsp3) is 0.212. The first-order valence-electron chi connectivity index (χ1n) is 13.2. The van der Waals surface area contributed by atoms with Gasteiger partial charge < -0.3 is 19.4 Å². The molecule has 0 aliphatic heterocycles. The van der Waals surface area contributed by atoms with Crippen LogP contribution in [0.2, 0.25) is 0 Å². The Balaban J connectivity index is 1.50. The summed E-state index contributed by atoms with van der Waals surface area (Å²) in [4.78, 5) is 17.7. The maximum Gasteiger partial charge on any atom is 0.220 e. The molecule has 39 heavy (non-hydrogen) atoms. The summed E-state index contributed by atoms with van der Waals surface area (Å²) in [5.41, 5.74) is 5.37. The van der Waals surface area contributed by atoms with E-state index >= 15 is 0 Å². The minimum absolute atomic E-state index is 0.0161. The highest BCUT2D eigenvalue weighted by molar-refractivity contribution is 5.87. The van der Waals surface area contributed by atoms with Crippen LogP contribution in [0.4, 0.5) is 0 Å². The van der Waals surface area contributed by atoms with Crippen LogP contribution in [0.5, 0.6) is 11.5 Å². The van der Waals surface area contributed by atoms with Crippen LogP contribution in [-0.2, 0) is 17.8 Å². The molecule has 6 nitrogen and oxygen atoms in total. The Morgan fingerprint density at radius 1 is 0.897 bits per heavy atom. The summed E-state index contributed by atoms with van der Waals surface area (Å²) in [7, 11) is 3.28. The Morgan fingerprint density at radius 3 is 2.33 bits per heavy atom. The molecule has 3 aromatic carbocycles. The summed E-state index contributed by atoms with van der Waals surface area (Å²) in [6.07, 6.45) is 4.93. The Labute approximate surface area is 229 Å². The van der Waals surface area contributed by atoms with Gasteiger partial charge in [0.15, 0.2) is 0 Å². The van der Waals surface area contributed by atoms with Crippen molar-refractivity contribution in [2.45, 2.75) is 25.3 Å². The molecule has 2 aromatic heterocycles. The zero-order valence-electron chi connectivity index (χ0n) is 22.3. The molecule has 0 fully saturated rings. The molecule has 5 aromatic rings.